The highest BCUT2D eigenvalue weighted by Gasteiger charge is 2.86. The summed E-state index contributed by atoms with van der Waals surface area (Å²) in [5.41, 5.74) is -1.44. The fourth-order valence-electron chi connectivity index (χ4n) is 14.5. The predicted octanol–water partition coefficient (Wildman–Crippen LogP) is 6.80. The number of allylic oxidation sites excluding steroid dienone is 1. The summed E-state index contributed by atoms with van der Waals surface area (Å²) < 4.78 is 7.42. The summed E-state index contributed by atoms with van der Waals surface area (Å²) in [6.45, 7) is 14.4. The standard InChI is InChI=1S/C42H67N3O4/c1-28(2)36-22-31-24-40(27-46)35-15-14-29(3)34(35)25-41(31,42(36,40)39(47)48)38-23-33(30-10-6-4-7-11-30)37(49-38)26-43-16-17-44-18-20-45(21-19-44)32-12-8-5-9-13-32/h22,27-35,37-38,43H,4-21,23-26H2,1-3H3,(H,47,48)/t29-,31?,33+,34-,35-,37+,38-,40?,41?,42+/m1/s1. The first-order valence-corrected chi connectivity index (χ1v) is 21.0. The van der Waals surface area contributed by atoms with Crippen LogP contribution in [0.4, 0.5) is 0 Å². The number of piperazine rings is 1. The van der Waals surface area contributed by atoms with Crippen molar-refractivity contribution >= 4 is 12.3 Å². The Bertz CT molecular complexity index is 1250. The lowest BCUT2D eigenvalue weighted by atomic mass is 9.41. The average molecular weight is 678 g/mol. The molecular weight excluding hydrogens is 610 g/mol. The van der Waals surface area contributed by atoms with E-state index >= 15 is 0 Å². The van der Waals surface area contributed by atoms with Gasteiger partial charge in [0.2, 0.25) is 0 Å². The van der Waals surface area contributed by atoms with Crippen LogP contribution in [0.15, 0.2) is 11.6 Å². The minimum Gasteiger partial charge on any atom is -0.481 e. The summed E-state index contributed by atoms with van der Waals surface area (Å²) in [5.74, 6) is 1.72. The van der Waals surface area contributed by atoms with Crippen LogP contribution in [0.25, 0.3) is 0 Å². The van der Waals surface area contributed by atoms with Crippen molar-refractivity contribution in [1.82, 2.24) is 15.1 Å². The normalized spacial score (nSPS) is 44.8. The number of aldehydes is 1. The Labute approximate surface area is 296 Å². The van der Waals surface area contributed by atoms with E-state index in [1.807, 2.05) is 0 Å². The van der Waals surface area contributed by atoms with Crippen LogP contribution in [-0.4, -0.2) is 91.2 Å². The molecule has 2 heterocycles. The second-order valence-corrected chi connectivity index (χ2v) is 18.7. The lowest BCUT2D eigenvalue weighted by Crippen LogP contribution is -2.65. The topological polar surface area (TPSA) is 82.1 Å². The Morgan fingerprint density at radius 3 is 2.37 bits per heavy atom. The third-order valence-electron chi connectivity index (χ3n) is 16.6. The Morgan fingerprint density at radius 2 is 1.69 bits per heavy atom. The second-order valence-electron chi connectivity index (χ2n) is 18.7. The van der Waals surface area contributed by atoms with E-state index in [0.29, 0.717) is 30.1 Å². The zero-order valence-electron chi connectivity index (χ0n) is 31.1. The number of hydrogen-bond acceptors (Lipinski definition) is 6. The fraction of sp³-hybridized carbons (Fsp3) is 0.905. The van der Waals surface area contributed by atoms with Crippen LogP contribution in [0.3, 0.4) is 0 Å². The van der Waals surface area contributed by atoms with Crippen LogP contribution in [0.5, 0.6) is 0 Å². The van der Waals surface area contributed by atoms with Gasteiger partial charge in [0.15, 0.2) is 0 Å². The van der Waals surface area contributed by atoms with E-state index in [1.165, 1.54) is 96.7 Å². The molecule has 0 aromatic heterocycles. The molecule has 0 aromatic rings. The van der Waals surface area contributed by atoms with E-state index in [-0.39, 0.29) is 30.0 Å². The lowest BCUT2D eigenvalue weighted by Gasteiger charge is -2.60. The third kappa shape index (κ3) is 5.23. The van der Waals surface area contributed by atoms with Crippen LogP contribution in [0.2, 0.25) is 0 Å². The van der Waals surface area contributed by atoms with Crippen molar-refractivity contribution in [2.45, 2.75) is 135 Å². The molecule has 8 rings (SSSR count). The molecule has 2 aliphatic heterocycles. The SMILES string of the molecule is CC(C)C1=CC2CC3(C=O)[C@@H]4CC[C@@H](C)[C@H]4CC2([C@H]2C[C@@H](C4CCCCC4)[C@H](CNCCN4CCN(C5CCCCC5)CC4)O2)[C@]13C(=O)O. The summed E-state index contributed by atoms with van der Waals surface area (Å²) >= 11 is 0. The van der Waals surface area contributed by atoms with Crippen molar-refractivity contribution < 1.29 is 19.4 Å². The number of ether oxygens (including phenoxy) is 1. The zero-order valence-corrected chi connectivity index (χ0v) is 31.1. The van der Waals surface area contributed by atoms with Gasteiger partial charge in [-0.15, -0.1) is 0 Å². The van der Waals surface area contributed by atoms with Crippen molar-refractivity contribution in [2.75, 3.05) is 45.8 Å². The van der Waals surface area contributed by atoms with E-state index in [9.17, 15) is 14.7 Å². The summed E-state index contributed by atoms with van der Waals surface area (Å²) in [5, 5.41) is 15.5. The minimum atomic E-state index is -1.14. The smallest absolute Gasteiger partial charge is 0.315 e. The van der Waals surface area contributed by atoms with Gasteiger partial charge in [-0.2, -0.15) is 0 Å². The van der Waals surface area contributed by atoms with Crippen molar-refractivity contribution in [3.63, 3.8) is 0 Å². The quantitative estimate of drug-likeness (QED) is 0.141. The first-order chi connectivity index (χ1) is 23.8. The number of aliphatic carboxylic acids is 1. The highest BCUT2D eigenvalue weighted by atomic mass is 16.5. The molecule has 0 spiro atoms. The first kappa shape index (κ1) is 34.8. The predicted molar refractivity (Wildman–Crippen MR) is 193 cm³/mol. The highest BCUT2D eigenvalue weighted by molar-refractivity contribution is 5.90. The molecule has 10 atom stereocenters. The number of carbonyl (C=O) groups excluding carboxylic acids is 1. The molecule has 6 aliphatic carbocycles. The van der Waals surface area contributed by atoms with Gasteiger partial charge in [-0.3, -0.25) is 14.6 Å². The molecule has 4 bridgehead atoms. The van der Waals surface area contributed by atoms with Crippen LogP contribution in [-0.2, 0) is 14.3 Å². The molecule has 274 valence electrons. The average Bonchev–Trinajstić information content (AvgIpc) is 3.85. The monoisotopic (exact) mass is 678 g/mol. The van der Waals surface area contributed by atoms with Gasteiger partial charge in [-0.05, 0) is 80.0 Å². The number of nitrogens with one attached hydrogen (secondary N) is 1. The molecule has 7 heteroatoms. The molecule has 2 N–H and O–H groups in total. The van der Waals surface area contributed by atoms with Gasteiger partial charge in [0.1, 0.15) is 11.7 Å². The van der Waals surface area contributed by atoms with E-state index in [1.54, 1.807) is 0 Å². The largest absolute Gasteiger partial charge is 0.481 e. The van der Waals surface area contributed by atoms with Crippen LogP contribution < -0.4 is 5.32 Å². The maximum absolute atomic E-state index is 14.2. The Hall–Kier alpha value is -1.28. The van der Waals surface area contributed by atoms with Gasteiger partial charge in [0.05, 0.1) is 17.6 Å². The summed E-state index contributed by atoms with van der Waals surface area (Å²) in [4.78, 5) is 33.2. The van der Waals surface area contributed by atoms with Crippen molar-refractivity contribution in [1.29, 1.82) is 0 Å². The van der Waals surface area contributed by atoms with Crippen molar-refractivity contribution in [3.8, 4) is 0 Å². The second kappa shape index (κ2) is 13.6. The molecule has 7 fully saturated rings. The molecule has 0 radical (unpaired) electrons. The van der Waals surface area contributed by atoms with Crippen LogP contribution in [0, 0.1) is 57.7 Å². The summed E-state index contributed by atoms with van der Waals surface area (Å²) in [6.07, 6.45) is 21.8. The van der Waals surface area contributed by atoms with Gasteiger partial charge >= 0.3 is 5.97 Å². The first-order valence-electron chi connectivity index (χ1n) is 21.0. The third-order valence-corrected chi connectivity index (χ3v) is 16.6. The zero-order chi connectivity index (χ0) is 34.0. The van der Waals surface area contributed by atoms with E-state index in [0.717, 1.165) is 56.9 Å². The van der Waals surface area contributed by atoms with Crippen LogP contribution >= 0.6 is 0 Å². The fourth-order valence-corrected chi connectivity index (χ4v) is 14.5. The van der Waals surface area contributed by atoms with Gasteiger partial charge in [0, 0.05) is 57.3 Å². The number of carboxylic acid groups (broad SMARTS) is 1. The maximum Gasteiger partial charge on any atom is 0.315 e. The molecule has 5 saturated carbocycles. The molecule has 8 aliphatic rings. The molecule has 0 amide bonds. The van der Waals surface area contributed by atoms with E-state index < -0.39 is 22.2 Å². The van der Waals surface area contributed by atoms with E-state index in [2.05, 4.69) is 42.0 Å². The summed E-state index contributed by atoms with van der Waals surface area (Å²) in [7, 11) is 0. The molecular formula is C42H67N3O4. The van der Waals surface area contributed by atoms with Gasteiger partial charge in [-0.1, -0.05) is 90.2 Å². The minimum absolute atomic E-state index is 0.105. The van der Waals surface area contributed by atoms with E-state index in [4.69, 9.17) is 4.74 Å². The number of rotatable bonds is 11. The number of carbonyl (C=O) groups is 2. The number of hydrogen-bond donors (Lipinski definition) is 2. The van der Waals surface area contributed by atoms with Crippen molar-refractivity contribution in [3.05, 3.63) is 11.6 Å². The van der Waals surface area contributed by atoms with Crippen LogP contribution in [0.1, 0.15) is 117 Å². The number of nitrogens with zero attached hydrogens (tertiary/aromatic N) is 2. The Kier molecular flexibility index (Phi) is 9.66. The molecule has 3 unspecified atom stereocenters. The number of carboxylic acids is 1. The van der Waals surface area contributed by atoms with Gasteiger partial charge in [-0.25, -0.2) is 0 Å². The highest BCUT2D eigenvalue weighted by Crippen LogP contribution is 2.84. The molecule has 49 heavy (non-hydrogen) atoms. The van der Waals surface area contributed by atoms with Gasteiger partial charge in [0.25, 0.3) is 0 Å². The number of fused-ring (bicyclic) bond motifs is 2. The molecule has 2 saturated heterocycles. The summed E-state index contributed by atoms with van der Waals surface area (Å²) in [6, 6.07) is 0.823. The Morgan fingerprint density at radius 1 is 0.980 bits per heavy atom. The van der Waals surface area contributed by atoms with Gasteiger partial charge < -0.3 is 20.0 Å². The molecule has 7 nitrogen and oxygen atoms in total. The lowest BCUT2D eigenvalue weighted by molar-refractivity contribution is -0.197. The molecule has 0 aromatic carbocycles. The van der Waals surface area contributed by atoms with Crippen molar-refractivity contribution in [2.24, 2.45) is 57.7 Å². The maximum atomic E-state index is 14.2. The Balaban J connectivity index is 1.01.